The van der Waals surface area contributed by atoms with Crippen molar-refractivity contribution in [1.29, 1.82) is 0 Å². The lowest BCUT2D eigenvalue weighted by molar-refractivity contribution is -0.221. The van der Waals surface area contributed by atoms with E-state index in [0.717, 1.165) is 0 Å². The van der Waals surface area contributed by atoms with Crippen LogP contribution >= 0.6 is 0 Å². The summed E-state index contributed by atoms with van der Waals surface area (Å²) in [7, 11) is 2.48. The SMILES string of the molecule is COC(=O)c1cc(C(=O)OC)cc(-c2ccc(OC3OC(CO)CC(O)C3F)cc2)c1. The third-order valence-corrected chi connectivity index (χ3v) is 4.88. The van der Waals surface area contributed by atoms with E-state index >= 15 is 0 Å². The molecule has 1 heterocycles. The molecule has 31 heavy (non-hydrogen) atoms. The number of halogens is 1. The first kappa shape index (κ1) is 22.7. The van der Waals surface area contributed by atoms with Crippen LogP contribution in [0.15, 0.2) is 42.5 Å². The van der Waals surface area contributed by atoms with E-state index in [4.69, 9.17) is 18.9 Å². The van der Waals surface area contributed by atoms with Crippen molar-refractivity contribution in [3.63, 3.8) is 0 Å². The average Bonchev–Trinajstić information content (AvgIpc) is 2.80. The van der Waals surface area contributed by atoms with Crippen LogP contribution in [0.2, 0.25) is 0 Å². The number of hydrogen-bond donors (Lipinski definition) is 2. The topological polar surface area (TPSA) is 112 Å². The highest BCUT2D eigenvalue weighted by molar-refractivity contribution is 5.97. The van der Waals surface area contributed by atoms with Crippen LogP contribution in [0.4, 0.5) is 4.39 Å². The van der Waals surface area contributed by atoms with E-state index < -0.39 is 36.6 Å². The Balaban J connectivity index is 1.84. The monoisotopic (exact) mass is 434 g/mol. The molecule has 3 rings (SSSR count). The van der Waals surface area contributed by atoms with E-state index in [9.17, 15) is 24.2 Å². The van der Waals surface area contributed by atoms with Crippen molar-refractivity contribution in [2.75, 3.05) is 20.8 Å². The number of hydrogen-bond acceptors (Lipinski definition) is 8. The zero-order valence-corrected chi connectivity index (χ0v) is 17.0. The molecule has 0 bridgehead atoms. The van der Waals surface area contributed by atoms with Crippen LogP contribution in [0.5, 0.6) is 5.75 Å². The summed E-state index contributed by atoms with van der Waals surface area (Å²) in [5.41, 5.74) is 1.57. The Morgan fingerprint density at radius 1 is 1.03 bits per heavy atom. The van der Waals surface area contributed by atoms with Gasteiger partial charge >= 0.3 is 11.9 Å². The first-order valence-electron chi connectivity index (χ1n) is 9.53. The van der Waals surface area contributed by atoms with Crippen LogP contribution < -0.4 is 4.74 Å². The van der Waals surface area contributed by atoms with Gasteiger partial charge in [0, 0.05) is 6.42 Å². The predicted molar refractivity (Wildman–Crippen MR) is 106 cm³/mol. The molecular weight excluding hydrogens is 411 g/mol. The number of methoxy groups -OCH3 is 2. The van der Waals surface area contributed by atoms with Crippen molar-refractivity contribution in [2.24, 2.45) is 0 Å². The Labute approximate surface area is 178 Å². The Morgan fingerprint density at radius 2 is 1.61 bits per heavy atom. The second-order valence-corrected chi connectivity index (χ2v) is 6.98. The molecule has 1 aliphatic rings. The first-order chi connectivity index (χ1) is 14.9. The number of benzene rings is 2. The van der Waals surface area contributed by atoms with Gasteiger partial charge in [-0.25, -0.2) is 14.0 Å². The zero-order chi connectivity index (χ0) is 22.5. The molecule has 2 aromatic rings. The van der Waals surface area contributed by atoms with Crippen molar-refractivity contribution < 1.29 is 43.1 Å². The fraction of sp³-hybridized carbons (Fsp3) is 0.364. The maximum Gasteiger partial charge on any atom is 0.337 e. The van der Waals surface area contributed by atoms with Crippen LogP contribution in [-0.2, 0) is 14.2 Å². The van der Waals surface area contributed by atoms with E-state index in [1.165, 1.54) is 20.3 Å². The highest BCUT2D eigenvalue weighted by atomic mass is 19.1. The summed E-state index contributed by atoms with van der Waals surface area (Å²) in [5, 5.41) is 19.0. The summed E-state index contributed by atoms with van der Waals surface area (Å²) in [6, 6.07) is 10.9. The second kappa shape index (κ2) is 9.86. The molecule has 2 N–H and O–H groups in total. The summed E-state index contributed by atoms with van der Waals surface area (Å²) in [4.78, 5) is 23.9. The van der Waals surface area contributed by atoms with E-state index in [2.05, 4.69) is 0 Å². The van der Waals surface area contributed by atoms with Crippen LogP contribution in [0, 0.1) is 0 Å². The average molecular weight is 434 g/mol. The van der Waals surface area contributed by atoms with Crippen LogP contribution in [0.25, 0.3) is 11.1 Å². The standard InChI is InChI=1S/C22H23FO8/c1-28-20(26)14-7-13(8-15(9-14)21(27)29-2)12-3-5-16(6-4-12)30-22-19(23)18(25)10-17(11-24)31-22/h3-9,17-19,22,24-25H,10-11H2,1-2H3. The van der Waals surface area contributed by atoms with Crippen LogP contribution in [-0.4, -0.2) is 67.6 Å². The number of aliphatic hydroxyl groups is 2. The van der Waals surface area contributed by atoms with Crippen LogP contribution in [0.3, 0.4) is 0 Å². The van der Waals surface area contributed by atoms with E-state index in [1.807, 2.05) is 0 Å². The molecule has 1 saturated heterocycles. The summed E-state index contributed by atoms with van der Waals surface area (Å²) in [6.45, 7) is -0.359. The third-order valence-electron chi connectivity index (χ3n) is 4.88. The van der Waals surface area contributed by atoms with Gasteiger partial charge in [0.25, 0.3) is 0 Å². The molecule has 166 valence electrons. The van der Waals surface area contributed by atoms with Gasteiger partial charge in [-0.3, -0.25) is 0 Å². The van der Waals surface area contributed by atoms with Gasteiger partial charge in [0.2, 0.25) is 6.29 Å². The minimum absolute atomic E-state index is 0.0183. The maximum atomic E-state index is 14.2. The third kappa shape index (κ3) is 5.19. The Kier molecular flexibility index (Phi) is 7.21. The molecule has 0 spiro atoms. The summed E-state index contributed by atoms with van der Waals surface area (Å²) < 4.78 is 34.5. The van der Waals surface area contributed by atoms with Gasteiger partial charge in [0.1, 0.15) is 5.75 Å². The van der Waals surface area contributed by atoms with Gasteiger partial charge in [0.15, 0.2) is 6.17 Å². The smallest absolute Gasteiger partial charge is 0.337 e. The number of carbonyl (C=O) groups excluding carboxylic acids is 2. The molecule has 9 heteroatoms. The highest BCUT2D eigenvalue weighted by Crippen LogP contribution is 2.29. The number of carbonyl (C=O) groups is 2. The minimum Gasteiger partial charge on any atom is -0.465 e. The molecule has 8 nitrogen and oxygen atoms in total. The second-order valence-electron chi connectivity index (χ2n) is 6.98. The normalized spacial score (nSPS) is 23.1. The minimum atomic E-state index is -1.76. The van der Waals surface area contributed by atoms with Gasteiger partial charge in [0.05, 0.1) is 44.2 Å². The Morgan fingerprint density at radius 3 is 2.13 bits per heavy atom. The lowest BCUT2D eigenvalue weighted by atomic mass is 9.99. The van der Waals surface area contributed by atoms with Gasteiger partial charge in [-0.2, -0.15) is 0 Å². The van der Waals surface area contributed by atoms with Crippen LogP contribution in [0.1, 0.15) is 27.1 Å². The lowest BCUT2D eigenvalue weighted by Crippen LogP contribution is -2.49. The molecule has 1 aliphatic heterocycles. The molecular formula is C22H23FO8. The fourth-order valence-corrected chi connectivity index (χ4v) is 3.24. The van der Waals surface area contributed by atoms with Gasteiger partial charge in [-0.15, -0.1) is 0 Å². The molecule has 4 unspecified atom stereocenters. The lowest BCUT2D eigenvalue weighted by Gasteiger charge is -2.34. The molecule has 4 atom stereocenters. The number of aliphatic hydroxyl groups excluding tert-OH is 2. The maximum absolute atomic E-state index is 14.2. The molecule has 0 radical (unpaired) electrons. The molecule has 2 aromatic carbocycles. The molecule has 0 amide bonds. The number of rotatable bonds is 6. The first-order valence-corrected chi connectivity index (χ1v) is 9.53. The largest absolute Gasteiger partial charge is 0.465 e. The van der Waals surface area contributed by atoms with E-state index in [-0.39, 0.29) is 29.9 Å². The van der Waals surface area contributed by atoms with Crippen molar-refractivity contribution in [2.45, 2.75) is 31.1 Å². The summed E-state index contributed by atoms with van der Waals surface area (Å²) >= 11 is 0. The van der Waals surface area contributed by atoms with E-state index in [0.29, 0.717) is 11.1 Å². The zero-order valence-electron chi connectivity index (χ0n) is 17.0. The van der Waals surface area contributed by atoms with Gasteiger partial charge in [-0.05, 0) is 41.5 Å². The molecule has 0 aromatic heterocycles. The molecule has 0 aliphatic carbocycles. The molecule has 0 saturated carbocycles. The van der Waals surface area contributed by atoms with Crippen molar-refractivity contribution in [3.05, 3.63) is 53.6 Å². The number of alkyl halides is 1. The Hall–Kier alpha value is -3.01. The van der Waals surface area contributed by atoms with Crippen molar-refractivity contribution >= 4 is 11.9 Å². The summed E-state index contributed by atoms with van der Waals surface area (Å²) in [5.74, 6) is -0.931. The Bertz CT molecular complexity index is 895. The molecule has 1 fully saturated rings. The quantitative estimate of drug-likeness (QED) is 0.665. The highest BCUT2D eigenvalue weighted by Gasteiger charge is 2.39. The van der Waals surface area contributed by atoms with Crippen molar-refractivity contribution in [1.82, 2.24) is 0 Å². The van der Waals surface area contributed by atoms with Crippen molar-refractivity contribution in [3.8, 4) is 16.9 Å². The van der Waals surface area contributed by atoms with E-state index in [1.54, 1.807) is 36.4 Å². The van der Waals surface area contributed by atoms with Gasteiger partial charge < -0.3 is 29.2 Å². The number of ether oxygens (including phenoxy) is 4. The summed E-state index contributed by atoms with van der Waals surface area (Å²) in [6.07, 6.45) is -5.16. The fourth-order valence-electron chi connectivity index (χ4n) is 3.24. The number of esters is 2. The van der Waals surface area contributed by atoms with Gasteiger partial charge in [-0.1, -0.05) is 12.1 Å². The predicted octanol–water partition coefficient (Wildman–Crippen LogP) is 2.11.